The van der Waals surface area contributed by atoms with E-state index in [9.17, 15) is 9.18 Å². The van der Waals surface area contributed by atoms with E-state index < -0.39 is 11.8 Å². The Morgan fingerprint density at radius 3 is 3.00 bits per heavy atom. The van der Waals surface area contributed by atoms with Gasteiger partial charge in [-0.1, -0.05) is 6.92 Å². The van der Waals surface area contributed by atoms with Crippen LogP contribution in [0.1, 0.15) is 36.5 Å². The fraction of sp³-hybridized carbons (Fsp3) is 0.462. The van der Waals surface area contributed by atoms with Crippen LogP contribution in [0.2, 0.25) is 0 Å². The van der Waals surface area contributed by atoms with Crippen LogP contribution in [0.3, 0.4) is 0 Å². The number of carboxylic acids is 1. The zero-order chi connectivity index (χ0) is 12.4. The number of anilines is 1. The maximum absolute atomic E-state index is 13.1. The van der Waals surface area contributed by atoms with E-state index >= 15 is 0 Å². The van der Waals surface area contributed by atoms with E-state index in [0.717, 1.165) is 31.9 Å². The molecule has 1 heterocycles. The first-order valence-electron chi connectivity index (χ1n) is 5.93. The second-order valence-corrected chi connectivity index (χ2v) is 4.36. The van der Waals surface area contributed by atoms with Gasteiger partial charge in [-0.3, -0.25) is 0 Å². The van der Waals surface area contributed by atoms with E-state index in [-0.39, 0.29) is 5.56 Å². The van der Waals surface area contributed by atoms with Gasteiger partial charge in [0.2, 0.25) is 0 Å². The molecule has 0 aromatic heterocycles. The van der Waals surface area contributed by atoms with Crippen molar-refractivity contribution in [3.05, 3.63) is 29.6 Å². The Hall–Kier alpha value is -1.58. The lowest BCUT2D eigenvalue weighted by Crippen LogP contribution is -2.30. The summed E-state index contributed by atoms with van der Waals surface area (Å²) in [6.45, 7) is 2.94. The number of aromatic carboxylic acids is 1. The normalized spacial score (nSPS) is 19.6. The number of halogens is 1. The van der Waals surface area contributed by atoms with Crippen LogP contribution in [0.4, 0.5) is 10.1 Å². The maximum atomic E-state index is 13.1. The Morgan fingerprint density at radius 2 is 2.35 bits per heavy atom. The zero-order valence-corrected chi connectivity index (χ0v) is 9.82. The summed E-state index contributed by atoms with van der Waals surface area (Å²) in [6, 6.07) is 4.38. The summed E-state index contributed by atoms with van der Waals surface area (Å²) in [5.74, 6) is -1.57. The van der Waals surface area contributed by atoms with E-state index in [1.807, 2.05) is 0 Å². The molecule has 1 aliphatic heterocycles. The monoisotopic (exact) mass is 237 g/mol. The summed E-state index contributed by atoms with van der Waals surface area (Å²) in [6.07, 6.45) is 3.12. The third-order valence-corrected chi connectivity index (χ3v) is 3.35. The van der Waals surface area contributed by atoms with Gasteiger partial charge in [0.1, 0.15) is 5.82 Å². The average Bonchev–Trinajstić information content (AvgIpc) is 2.76. The number of rotatable bonds is 3. The van der Waals surface area contributed by atoms with Crippen molar-refractivity contribution in [3.8, 4) is 0 Å². The Balaban J connectivity index is 2.40. The van der Waals surface area contributed by atoms with Crippen LogP contribution in [-0.4, -0.2) is 23.7 Å². The van der Waals surface area contributed by atoms with Crippen LogP contribution in [0, 0.1) is 5.82 Å². The molecule has 0 radical (unpaired) electrons. The summed E-state index contributed by atoms with van der Waals surface area (Å²) < 4.78 is 13.1. The molecule has 0 saturated carbocycles. The highest BCUT2D eigenvalue weighted by molar-refractivity contribution is 5.94. The predicted molar refractivity (Wildman–Crippen MR) is 64.0 cm³/mol. The molecule has 17 heavy (non-hydrogen) atoms. The quantitative estimate of drug-likeness (QED) is 0.878. The summed E-state index contributed by atoms with van der Waals surface area (Å²) >= 11 is 0. The lowest BCUT2D eigenvalue weighted by molar-refractivity contribution is 0.0697. The Labute approximate surface area is 99.9 Å². The highest BCUT2D eigenvalue weighted by Crippen LogP contribution is 2.30. The van der Waals surface area contributed by atoms with E-state index in [0.29, 0.717) is 11.7 Å². The van der Waals surface area contributed by atoms with Gasteiger partial charge in [0.15, 0.2) is 0 Å². The second kappa shape index (κ2) is 4.73. The van der Waals surface area contributed by atoms with Gasteiger partial charge in [-0.15, -0.1) is 0 Å². The molecule has 1 saturated heterocycles. The molecule has 1 aromatic rings. The highest BCUT2D eigenvalue weighted by atomic mass is 19.1. The standard InChI is InChI=1S/C13H16FNO2/c1-2-10-4-3-7-15(10)12-6-5-9(14)8-11(12)13(16)17/h5-6,8,10H,2-4,7H2,1H3,(H,16,17). The second-order valence-electron chi connectivity index (χ2n) is 4.36. The predicted octanol–water partition coefficient (Wildman–Crippen LogP) is 2.90. The number of nitrogens with zero attached hydrogens (tertiary/aromatic N) is 1. The van der Waals surface area contributed by atoms with Crippen LogP contribution in [0.25, 0.3) is 0 Å². The molecular formula is C13H16FNO2. The SMILES string of the molecule is CCC1CCCN1c1ccc(F)cc1C(=O)O. The third-order valence-electron chi connectivity index (χ3n) is 3.35. The smallest absolute Gasteiger partial charge is 0.337 e. The molecule has 1 N–H and O–H groups in total. The Kier molecular flexibility index (Phi) is 3.31. The van der Waals surface area contributed by atoms with Gasteiger partial charge >= 0.3 is 5.97 Å². The van der Waals surface area contributed by atoms with E-state index in [2.05, 4.69) is 11.8 Å². The molecule has 1 aliphatic rings. The van der Waals surface area contributed by atoms with Gasteiger partial charge in [0, 0.05) is 12.6 Å². The molecule has 0 spiro atoms. The summed E-state index contributed by atoms with van der Waals surface area (Å²) in [5, 5.41) is 9.12. The first kappa shape index (κ1) is 11.9. The summed E-state index contributed by atoms with van der Waals surface area (Å²) in [4.78, 5) is 13.2. The minimum atomic E-state index is -1.07. The highest BCUT2D eigenvalue weighted by Gasteiger charge is 2.26. The van der Waals surface area contributed by atoms with Gasteiger partial charge in [-0.2, -0.15) is 0 Å². The lowest BCUT2D eigenvalue weighted by atomic mass is 10.1. The molecule has 2 rings (SSSR count). The van der Waals surface area contributed by atoms with Gasteiger partial charge in [-0.05, 0) is 37.5 Å². The minimum absolute atomic E-state index is 0.0605. The topological polar surface area (TPSA) is 40.5 Å². The lowest BCUT2D eigenvalue weighted by Gasteiger charge is -2.27. The van der Waals surface area contributed by atoms with Crippen molar-refractivity contribution < 1.29 is 14.3 Å². The number of carbonyl (C=O) groups is 1. The fourth-order valence-corrected chi connectivity index (χ4v) is 2.51. The molecule has 0 amide bonds. The molecule has 1 unspecified atom stereocenters. The van der Waals surface area contributed by atoms with Crippen molar-refractivity contribution >= 4 is 11.7 Å². The van der Waals surface area contributed by atoms with Crippen molar-refractivity contribution in [2.75, 3.05) is 11.4 Å². The molecule has 1 fully saturated rings. The molecule has 4 heteroatoms. The number of benzene rings is 1. The number of hydrogen-bond acceptors (Lipinski definition) is 2. The van der Waals surface area contributed by atoms with Gasteiger partial charge in [0.05, 0.1) is 11.3 Å². The first-order valence-corrected chi connectivity index (χ1v) is 5.93. The molecule has 3 nitrogen and oxygen atoms in total. The largest absolute Gasteiger partial charge is 0.478 e. The molecule has 1 atom stereocenters. The number of carboxylic acid groups (broad SMARTS) is 1. The molecule has 0 aliphatic carbocycles. The van der Waals surface area contributed by atoms with Crippen LogP contribution < -0.4 is 4.90 Å². The minimum Gasteiger partial charge on any atom is -0.478 e. The van der Waals surface area contributed by atoms with Crippen LogP contribution in [-0.2, 0) is 0 Å². The van der Waals surface area contributed by atoms with E-state index in [1.165, 1.54) is 6.07 Å². The van der Waals surface area contributed by atoms with Gasteiger partial charge < -0.3 is 10.0 Å². The van der Waals surface area contributed by atoms with Crippen molar-refractivity contribution in [1.82, 2.24) is 0 Å². The summed E-state index contributed by atoms with van der Waals surface area (Å²) in [7, 11) is 0. The molecular weight excluding hydrogens is 221 g/mol. The van der Waals surface area contributed by atoms with Crippen LogP contribution >= 0.6 is 0 Å². The van der Waals surface area contributed by atoms with Crippen molar-refractivity contribution in [1.29, 1.82) is 0 Å². The Bertz CT molecular complexity index is 433. The summed E-state index contributed by atoms with van der Waals surface area (Å²) in [5.41, 5.74) is 0.702. The fourth-order valence-electron chi connectivity index (χ4n) is 2.51. The van der Waals surface area contributed by atoms with Crippen LogP contribution in [0.5, 0.6) is 0 Å². The maximum Gasteiger partial charge on any atom is 0.337 e. The average molecular weight is 237 g/mol. The van der Waals surface area contributed by atoms with Crippen molar-refractivity contribution in [2.45, 2.75) is 32.2 Å². The van der Waals surface area contributed by atoms with Gasteiger partial charge in [-0.25, -0.2) is 9.18 Å². The van der Waals surface area contributed by atoms with Crippen molar-refractivity contribution in [3.63, 3.8) is 0 Å². The van der Waals surface area contributed by atoms with Crippen LogP contribution in [0.15, 0.2) is 18.2 Å². The molecule has 92 valence electrons. The van der Waals surface area contributed by atoms with Crippen molar-refractivity contribution in [2.24, 2.45) is 0 Å². The molecule has 1 aromatic carbocycles. The number of hydrogen-bond donors (Lipinski definition) is 1. The molecule has 0 bridgehead atoms. The zero-order valence-electron chi connectivity index (χ0n) is 9.82. The van der Waals surface area contributed by atoms with E-state index in [1.54, 1.807) is 6.07 Å². The first-order chi connectivity index (χ1) is 8.13. The van der Waals surface area contributed by atoms with Gasteiger partial charge in [0.25, 0.3) is 0 Å². The van der Waals surface area contributed by atoms with E-state index in [4.69, 9.17) is 5.11 Å². The third kappa shape index (κ3) is 2.25. The Morgan fingerprint density at radius 1 is 1.59 bits per heavy atom.